The molecule has 2 aromatic carbocycles. The highest BCUT2D eigenvalue weighted by atomic mass is 16.6. The van der Waals surface area contributed by atoms with Crippen molar-refractivity contribution in [3.8, 4) is 11.5 Å². The quantitative estimate of drug-likeness (QED) is 0.218. The Balaban J connectivity index is 1.81. The van der Waals surface area contributed by atoms with E-state index in [9.17, 15) is 19.7 Å². The van der Waals surface area contributed by atoms with Gasteiger partial charge in [-0.3, -0.25) is 10.1 Å². The SMILES string of the molecule is CCCCOC(=O)c1ccc(OC(=O)COc2ccc([N+](=O)[O-])cc2)cc1. The van der Waals surface area contributed by atoms with Gasteiger partial charge in [0.05, 0.1) is 17.1 Å². The third kappa shape index (κ3) is 6.43. The van der Waals surface area contributed by atoms with Crippen LogP contribution >= 0.6 is 0 Å². The third-order valence-corrected chi connectivity index (χ3v) is 3.46. The molecule has 0 atom stereocenters. The third-order valence-electron chi connectivity index (χ3n) is 3.46. The largest absolute Gasteiger partial charge is 0.482 e. The second kappa shape index (κ2) is 9.91. The van der Waals surface area contributed by atoms with Crippen molar-refractivity contribution in [3.63, 3.8) is 0 Å². The van der Waals surface area contributed by atoms with Gasteiger partial charge in [-0.15, -0.1) is 0 Å². The monoisotopic (exact) mass is 373 g/mol. The van der Waals surface area contributed by atoms with Crippen LogP contribution in [0.2, 0.25) is 0 Å². The number of carbonyl (C=O) groups is 2. The Morgan fingerprint density at radius 1 is 1.00 bits per heavy atom. The molecule has 0 aliphatic heterocycles. The van der Waals surface area contributed by atoms with Crippen molar-refractivity contribution < 1.29 is 28.7 Å². The number of ether oxygens (including phenoxy) is 3. The molecule has 8 heteroatoms. The molecule has 2 rings (SSSR count). The summed E-state index contributed by atoms with van der Waals surface area (Å²) in [5.74, 6) is -0.505. The van der Waals surface area contributed by atoms with Crippen molar-refractivity contribution in [3.05, 3.63) is 64.2 Å². The van der Waals surface area contributed by atoms with Crippen LogP contribution in [-0.2, 0) is 9.53 Å². The number of hydrogen-bond donors (Lipinski definition) is 0. The minimum Gasteiger partial charge on any atom is -0.482 e. The van der Waals surface area contributed by atoms with Gasteiger partial charge in [0.2, 0.25) is 0 Å². The number of nitrogens with zero attached hydrogens (tertiary/aromatic N) is 1. The van der Waals surface area contributed by atoms with Crippen LogP contribution in [0.5, 0.6) is 11.5 Å². The molecule has 0 bridgehead atoms. The van der Waals surface area contributed by atoms with Crippen LogP contribution in [0.1, 0.15) is 30.1 Å². The summed E-state index contributed by atoms with van der Waals surface area (Å²) in [5, 5.41) is 10.6. The molecule has 0 saturated heterocycles. The van der Waals surface area contributed by atoms with Gasteiger partial charge in [-0.1, -0.05) is 13.3 Å². The predicted octanol–water partition coefficient (Wildman–Crippen LogP) is 3.54. The van der Waals surface area contributed by atoms with Crippen molar-refractivity contribution >= 4 is 17.6 Å². The molecule has 0 unspecified atom stereocenters. The maximum Gasteiger partial charge on any atom is 0.349 e. The Bertz CT molecular complexity index is 785. The normalized spacial score (nSPS) is 10.1. The van der Waals surface area contributed by atoms with Crippen molar-refractivity contribution in [2.45, 2.75) is 19.8 Å². The molecule has 8 nitrogen and oxygen atoms in total. The summed E-state index contributed by atoms with van der Waals surface area (Å²) in [6.07, 6.45) is 1.74. The van der Waals surface area contributed by atoms with E-state index in [1.807, 2.05) is 6.92 Å². The van der Waals surface area contributed by atoms with Gasteiger partial charge in [0.25, 0.3) is 5.69 Å². The topological polar surface area (TPSA) is 105 Å². The van der Waals surface area contributed by atoms with Crippen LogP contribution in [0.3, 0.4) is 0 Å². The second-order valence-electron chi connectivity index (χ2n) is 5.53. The van der Waals surface area contributed by atoms with Crippen molar-refractivity contribution in [1.82, 2.24) is 0 Å². The van der Waals surface area contributed by atoms with E-state index in [2.05, 4.69) is 0 Å². The van der Waals surface area contributed by atoms with Gasteiger partial charge >= 0.3 is 11.9 Å². The van der Waals surface area contributed by atoms with Gasteiger partial charge in [0.15, 0.2) is 6.61 Å². The molecule has 0 aliphatic rings. The Kier molecular flexibility index (Phi) is 7.30. The number of unbranched alkanes of at least 4 members (excludes halogenated alkanes) is 1. The van der Waals surface area contributed by atoms with Gasteiger partial charge in [0, 0.05) is 12.1 Å². The summed E-state index contributed by atoms with van der Waals surface area (Å²) in [5.41, 5.74) is 0.297. The summed E-state index contributed by atoms with van der Waals surface area (Å²) in [6, 6.07) is 11.3. The maximum absolute atomic E-state index is 11.8. The van der Waals surface area contributed by atoms with Crippen LogP contribution in [0, 0.1) is 10.1 Å². The van der Waals surface area contributed by atoms with E-state index in [1.54, 1.807) is 0 Å². The van der Waals surface area contributed by atoms with E-state index in [0.29, 0.717) is 17.9 Å². The minimum atomic E-state index is -0.647. The Labute approximate surface area is 155 Å². The van der Waals surface area contributed by atoms with Crippen LogP contribution in [0.4, 0.5) is 5.69 Å². The number of non-ortho nitro benzene ring substituents is 1. The second-order valence-corrected chi connectivity index (χ2v) is 5.53. The summed E-state index contributed by atoms with van der Waals surface area (Å²) in [6.45, 7) is 2.01. The zero-order valence-corrected chi connectivity index (χ0v) is 14.8. The summed E-state index contributed by atoms with van der Waals surface area (Å²) < 4.78 is 15.4. The smallest absolute Gasteiger partial charge is 0.349 e. The zero-order valence-electron chi connectivity index (χ0n) is 14.8. The molecule has 0 N–H and O–H groups in total. The molecule has 0 aliphatic carbocycles. The molecule has 0 amide bonds. The Morgan fingerprint density at radius 2 is 1.63 bits per heavy atom. The number of nitro groups is 1. The lowest BCUT2D eigenvalue weighted by Gasteiger charge is -2.07. The van der Waals surface area contributed by atoms with Crippen LogP contribution < -0.4 is 9.47 Å². The van der Waals surface area contributed by atoms with E-state index < -0.39 is 16.9 Å². The van der Waals surface area contributed by atoms with E-state index in [0.717, 1.165) is 12.8 Å². The minimum absolute atomic E-state index is 0.0711. The number of rotatable bonds is 9. The van der Waals surface area contributed by atoms with E-state index in [-0.39, 0.29) is 18.0 Å². The first-order valence-electron chi connectivity index (χ1n) is 8.34. The number of nitro benzene ring substituents is 1. The fourth-order valence-electron chi connectivity index (χ4n) is 2.02. The first kappa shape index (κ1) is 19.9. The molecule has 0 saturated carbocycles. The summed E-state index contributed by atoms with van der Waals surface area (Å²) in [4.78, 5) is 33.6. The van der Waals surface area contributed by atoms with Crippen LogP contribution in [-0.4, -0.2) is 30.1 Å². The summed E-state index contributed by atoms with van der Waals surface area (Å²) >= 11 is 0. The van der Waals surface area contributed by atoms with Crippen molar-refractivity contribution in [2.75, 3.05) is 13.2 Å². The maximum atomic E-state index is 11.8. The lowest BCUT2D eigenvalue weighted by atomic mass is 10.2. The van der Waals surface area contributed by atoms with Gasteiger partial charge < -0.3 is 14.2 Å². The average molecular weight is 373 g/mol. The standard InChI is InChI=1S/C19H19NO7/c1-2-3-12-25-19(22)14-4-8-17(9-5-14)27-18(21)13-26-16-10-6-15(7-11-16)20(23)24/h4-11H,2-3,12-13H2,1H3. The van der Waals surface area contributed by atoms with E-state index >= 15 is 0 Å². The van der Waals surface area contributed by atoms with Crippen LogP contribution in [0.25, 0.3) is 0 Å². The first-order chi connectivity index (χ1) is 13.0. The van der Waals surface area contributed by atoms with Crippen molar-refractivity contribution in [1.29, 1.82) is 0 Å². The molecule has 0 heterocycles. The highest BCUT2D eigenvalue weighted by molar-refractivity contribution is 5.89. The number of hydrogen-bond acceptors (Lipinski definition) is 7. The Morgan fingerprint density at radius 3 is 2.22 bits per heavy atom. The molecule has 0 aromatic heterocycles. The molecule has 142 valence electrons. The molecule has 0 spiro atoms. The lowest BCUT2D eigenvalue weighted by molar-refractivity contribution is -0.384. The molecular formula is C19H19NO7. The van der Waals surface area contributed by atoms with Crippen LogP contribution in [0.15, 0.2) is 48.5 Å². The van der Waals surface area contributed by atoms with Crippen molar-refractivity contribution in [2.24, 2.45) is 0 Å². The Hall–Kier alpha value is -3.42. The van der Waals surface area contributed by atoms with E-state index in [4.69, 9.17) is 14.2 Å². The molecule has 0 radical (unpaired) electrons. The fourth-order valence-corrected chi connectivity index (χ4v) is 2.02. The number of benzene rings is 2. The van der Waals surface area contributed by atoms with E-state index in [1.165, 1.54) is 48.5 Å². The highest BCUT2D eigenvalue weighted by Gasteiger charge is 2.10. The zero-order chi connectivity index (χ0) is 19.6. The first-order valence-corrected chi connectivity index (χ1v) is 8.34. The van der Waals surface area contributed by atoms with Gasteiger partial charge in [-0.05, 0) is 42.8 Å². The molecule has 27 heavy (non-hydrogen) atoms. The van der Waals surface area contributed by atoms with Gasteiger partial charge in [0.1, 0.15) is 11.5 Å². The molecule has 0 fully saturated rings. The number of carbonyl (C=O) groups excluding carboxylic acids is 2. The number of esters is 2. The molecular weight excluding hydrogens is 354 g/mol. The average Bonchev–Trinajstić information content (AvgIpc) is 2.67. The fraction of sp³-hybridized carbons (Fsp3) is 0.263. The van der Waals surface area contributed by atoms with Gasteiger partial charge in [-0.2, -0.15) is 0 Å². The predicted molar refractivity (Wildman–Crippen MR) is 95.9 cm³/mol. The molecule has 2 aromatic rings. The van der Waals surface area contributed by atoms with Gasteiger partial charge in [-0.25, -0.2) is 9.59 Å². The lowest BCUT2D eigenvalue weighted by Crippen LogP contribution is -2.17. The summed E-state index contributed by atoms with van der Waals surface area (Å²) in [7, 11) is 0. The highest BCUT2D eigenvalue weighted by Crippen LogP contribution is 2.18.